The first-order valence-corrected chi connectivity index (χ1v) is 5.70. The molecule has 0 radical (unpaired) electrons. The Hall–Kier alpha value is -1.02. The molecule has 0 amide bonds. The number of ether oxygens (including phenoxy) is 1. The summed E-state index contributed by atoms with van der Waals surface area (Å²) in [4.78, 5) is 0. The molecule has 0 aliphatic carbocycles. The van der Waals surface area contributed by atoms with E-state index in [-0.39, 0.29) is 6.61 Å². The van der Waals surface area contributed by atoms with E-state index < -0.39 is 0 Å². The predicted octanol–water partition coefficient (Wildman–Crippen LogP) is 3.63. The molecule has 0 unspecified atom stereocenters. The zero-order valence-electron chi connectivity index (χ0n) is 10.6. The maximum atomic E-state index is 8.87. The minimum absolute atomic E-state index is 0.0379. The van der Waals surface area contributed by atoms with Gasteiger partial charge in [0.15, 0.2) is 0 Å². The van der Waals surface area contributed by atoms with E-state index in [4.69, 9.17) is 9.84 Å². The topological polar surface area (TPSA) is 29.5 Å². The third kappa shape index (κ3) is 6.97. The highest BCUT2D eigenvalue weighted by molar-refractivity contribution is 5.32. The van der Waals surface area contributed by atoms with Gasteiger partial charge in [-0.2, -0.15) is 0 Å². The third-order valence-electron chi connectivity index (χ3n) is 1.44. The summed E-state index contributed by atoms with van der Waals surface area (Å²) in [6.45, 7) is 10.6. The van der Waals surface area contributed by atoms with E-state index in [0.29, 0.717) is 6.61 Å². The maximum Gasteiger partial charge on any atom is 0.124 e. The summed E-state index contributed by atoms with van der Waals surface area (Å²) in [5.74, 6) is 0.775. The van der Waals surface area contributed by atoms with E-state index in [9.17, 15) is 0 Å². The van der Waals surface area contributed by atoms with Crippen LogP contribution in [0.4, 0.5) is 0 Å². The Labute approximate surface area is 93.9 Å². The van der Waals surface area contributed by atoms with Crippen LogP contribution in [0.15, 0.2) is 24.3 Å². The van der Waals surface area contributed by atoms with Crippen molar-refractivity contribution in [2.75, 3.05) is 6.61 Å². The number of aliphatic hydroxyl groups is 1. The summed E-state index contributed by atoms with van der Waals surface area (Å²) in [6, 6.07) is 7.48. The van der Waals surface area contributed by atoms with Gasteiger partial charge in [0, 0.05) is 5.56 Å². The van der Waals surface area contributed by atoms with E-state index in [1.807, 2.05) is 58.9 Å². The molecule has 0 heterocycles. The van der Waals surface area contributed by atoms with Gasteiger partial charge in [-0.05, 0) is 13.0 Å². The van der Waals surface area contributed by atoms with Crippen molar-refractivity contribution in [1.82, 2.24) is 0 Å². The van der Waals surface area contributed by atoms with Crippen molar-refractivity contribution in [3.8, 4) is 5.75 Å². The molecular formula is C13H24O2. The minimum Gasteiger partial charge on any atom is -0.494 e. The third-order valence-corrected chi connectivity index (χ3v) is 1.44. The number of rotatable bonds is 3. The van der Waals surface area contributed by atoms with Gasteiger partial charge in [0.2, 0.25) is 0 Å². The molecule has 0 aliphatic rings. The van der Waals surface area contributed by atoms with Crippen molar-refractivity contribution in [1.29, 1.82) is 0 Å². The Bertz CT molecular complexity index is 222. The highest BCUT2D eigenvalue weighted by atomic mass is 16.5. The Morgan fingerprint density at radius 1 is 1.07 bits per heavy atom. The zero-order chi connectivity index (χ0) is 12.1. The van der Waals surface area contributed by atoms with E-state index in [1.165, 1.54) is 0 Å². The number of hydrogen-bond acceptors (Lipinski definition) is 2. The Kier molecular flexibility index (Phi) is 14.2. The molecule has 0 saturated heterocycles. The van der Waals surface area contributed by atoms with E-state index in [1.54, 1.807) is 0 Å². The minimum atomic E-state index is 0.0379. The highest BCUT2D eigenvalue weighted by Crippen LogP contribution is 2.16. The molecule has 0 aromatic heterocycles. The molecule has 0 aliphatic heterocycles. The molecule has 88 valence electrons. The van der Waals surface area contributed by atoms with Crippen LogP contribution >= 0.6 is 0 Å². The smallest absolute Gasteiger partial charge is 0.124 e. The van der Waals surface area contributed by atoms with Crippen molar-refractivity contribution in [3.63, 3.8) is 0 Å². The Morgan fingerprint density at radius 2 is 1.60 bits per heavy atom. The van der Waals surface area contributed by atoms with Crippen molar-refractivity contribution in [3.05, 3.63) is 29.8 Å². The predicted molar refractivity (Wildman–Crippen MR) is 66.2 cm³/mol. The second kappa shape index (κ2) is 13.0. The summed E-state index contributed by atoms with van der Waals surface area (Å²) in [5.41, 5.74) is 0.842. The average molecular weight is 212 g/mol. The normalized spacial score (nSPS) is 7.87. The molecule has 1 rings (SSSR count). The SMILES string of the molecule is CC.CC.CCOc1ccccc1CO. The molecule has 0 bridgehead atoms. The maximum absolute atomic E-state index is 8.87. The van der Waals surface area contributed by atoms with E-state index in [0.717, 1.165) is 11.3 Å². The van der Waals surface area contributed by atoms with Crippen LogP contribution in [0, 0.1) is 0 Å². The van der Waals surface area contributed by atoms with Gasteiger partial charge in [-0.15, -0.1) is 0 Å². The Morgan fingerprint density at radius 3 is 2.07 bits per heavy atom. The second-order valence-electron chi connectivity index (χ2n) is 2.20. The van der Waals surface area contributed by atoms with Gasteiger partial charge in [0.05, 0.1) is 13.2 Å². The molecule has 0 fully saturated rings. The largest absolute Gasteiger partial charge is 0.494 e. The lowest BCUT2D eigenvalue weighted by Crippen LogP contribution is -1.95. The van der Waals surface area contributed by atoms with Crippen LogP contribution in [0.2, 0.25) is 0 Å². The number of para-hydroxylation sites is 1. The van der Waals surface area contributed by atoms with Crippen molar-refractivity contribution < 1.29 is 9.84 Å². The summed E-state index contributed by atoms with van der Waals surface area (Å²) in [5, 5.41) is 8.87. The zero-order valence-corrected chi connectivity index (χ0v) is 10.6. The van der Waals surface area contributed by atoms with Crippen molar-refractivity contribution >= 4 is 0 Å². The average Bonchev–Trinajstić information content (AvgIpc) is 2.35. The van der Waals surface area contributed by atoms with Gasteiger partial charge in [-0.25, -0.2) is 0 Å². The lowest BCUT2D eigenvalue weighted by atomic mass is 10.2. The van der Waals surface area contributed by atoms with Crippen LogP contribution in [0.3, 0.4) is 0 Å². The lowest BCUT2D eigenvalue weighted by molar-refractivity contribution is 0.267. The van der Waals surface area contributed by atoms with Gasteiger partial charge in [0.1, 0.15) is 5.75 Å². The second-order valence-corrected chi connectivity index (χ2v) is 2.20. The highest BCUT2D eigenvalue weighted by Gasteiger charge is 1.98. The molecule has 1 aromatic carbocycles. The summed E-state index contributed by atoms with van der Waals surface area (Å²) in [6.07, 6.45) is 0. The van der Waals surface area contributed by atoms with E-state index >= 15 is 0 Å². The molecule has 0 spiro atoms. The molecule has 1 N–H and O–H groups in total. The molecule has 15 heavy (non-hydrogen) atoms. The fourth-order valence-corrected chi connectivity index (χ4v) is 0.931. The summed E-state index contributed by atoms with van der Waals surface area (Å²) >= 11 is 0. The first kappa shape index (κ1) is 16.4. The lowest BCUT2D eigenvalue weighted by Gasteiger charge is -2.06. The van der Waals surface area contributed by atoms with Gasteiger partial charge < -0.3 is 9.84 Å². The molecule has 2 nitrogen and oxygen atoms in total. The monoisotopic (exact) mass is 212 g/mol. The summed E-state index contributed by atoms with van der Waals surface area (Å²) < 4.78 is 5.27. The fraction of sp³-hybridized carbons (Fsp3) is 0.538. The summed E-state index contributed by atoms with van der Waals surface area (Å²) in [7, 11) is 0. The number of benzene rings is 1. The van der Waals surface area contributed by atoms with E-state index in [2.05, 4.69) is 0 Å². The van der Waals surface area contributed by atoms with Crippen LogP contribution in [0.1, 0.15) is 40.2 Å². The quantitative estimate of drug-likeness (QED) is 0.829. The van der Waals surface area contributed by atoms with Crippen molar-refractivity contribution in [2.24, 2.45) is 0 Å². The molecule has 1 aromatic rings. The van der Waals surface area contributed by atoms with Crippen LogP contribution in [0.25, 0.3) is 0 Å². The molecule has 2 heteroatoms. The first-order chi connectivity index (χ1) is 7.38. The molecule has 0 atom stereocenters. The molecule has 0 saturated carbocycles. The van der Waals surface area contributed by atoms with Crippen LogP contribution in [0.5, 0.6) is 5.75 Å². The number of aliphatic hydroxyl groups excluding tert-OH is 1. The first-order valence-electron chi connectivity index (χ1n) is 5.70. The van der Waals surface area contributed by atoms with Crippen LogP contribution < -0.4 is 4.74 Å². The van der Waals surface area contributed by atoms with Gasteiger partial charge in [-0.3, -0.25) is 0 Å². The van der Waals surface area contributed by atoms with Gasteiger partial charge in [-0.1, -0.05) is 45.9 Å². The molecular weight excluding hydrogens is 188 g/mol. The standard InChI is InChI=1S/C9H12O2.2C2H6/c1-2-11-9-6-4-3-5-8(9)7-10;2*1-2/h3-6,10H,2,7H2,1H3;2*1-2H3. The van der Waals surface area contributed by atoms with Crippen LogP contribution in [-0.4, -0.2) is 11.7 Å². The van der Waals surface area contributed by atoms with Gasteiger partial charge in [0.25, 0.3) is 0 Å². The number of hydrogen-bond donors (Lipinski definition) is 1. The van der Waals surface area contributed by atoms with Crippen molar-refractivity contribution in [2.45, 2.75) is 41.2 Å². The Balaban J connectivity index is 0. The fourth-order valence-electron chi connectivity index (χ4n) is 0.931. The van der Waals surface area contributed by atoms with Crippen LogP contribution in [-0.2, 0) is 6.61 Å². The van der Waals surface area contributed by atoms with Gasteiger partial charge >= 0.3 is 0 Å².